The number of halogens is 1. The lowest BCUT2D eigenvalue weighted by molar-refractivity contribution is -0.119. The van der Waals surface area contributed by atoms with Crippen LogP contribution in [0.2, 0.25) is 0 Å². The highest BCUT2D eigenvalue weighted by atomic mass is 19.1. The molecular weight excluding hydrogens is 381 g/mol. The Morgan fingerprint density at radius 2 is 1.80 bits per heavy atom. The van der Waals surface area contributed by atoms with Gasteiger partial charge in [0.1, 0.15) is 11.6 Å². The van der Waals surface area contributed by atoms with E-state index in [2.05, 4.69) is 15.3 Å². The lowest BCUT2D eigenvalue weighted by Crippen LogP contribution is -2.27. The number of rotatable bonds is 3. The predicted octanol–water partition coefficient (Wildman–Crippen LogP) is 4.08. The van der Waals surface area contributed by atoms with Crippen LogP contribution in [0.1, 0.15) is 36.4 Å². The Balaban J connectivity index is 1.67. The summed E-state index contributed by atoms with van der Waals surface area (Å²) in [6.45, 7) is 5.60. The smallest absolute Gasteiger partial charge is 0.253 e. The number of fused-ring (bicyclic) bond motifs is 2. The SMILES string of the molecule is Cc1nc(-n2nc(Cc3ccccc3F)c3ccccc32)nc2c1C(C)(C)C(=O)N2. The zero-order valence-corrected chi connectivity index (χ0v) is 16.9. The number of nitrogens with zero attached hydrogens (tertiary/aromatic N) is 4. The van der Waals surface area contributed by atoms with Crippen molar-refractivity contribution in [2.45, 2.75) is 32.6 Å². The van der Waals surface area contributed by atoms with Crippen molar-refractivity contribution in [3.63, 3.8) is 0 Å². The summed E-state index contributed by atoms with van der Waals surface area (Å²) in [6, 6.07) is 14.4. The molecule has 2 aromatic carbocycles. The number of amides is 1. The van der Waals surface area contributed by atoms with Gasteiger partial charge in [0, 0.05) is 23.1 Å². The Bertz CT molecular complexity index is 1320. The molecular formula is C23H20FN5O. The number of carbonyl (C=O) groups excluding carboxylic acids is 1. The van der Waals surface area contributed by atoms with Gasteiger partial charge in [0.05, 0.1) is 16.6 Å². The van der Waals surface area contributed by atoms with Crippen LogP contribution in [0.4, 0.5) is 10.2 Å². The third-order valence-corrected chi connectivity index (χ3v) is 5.67. The molecule has 0 fully saturated rings. The molecule has 1 amide bonds. The standard InChI is InChI=1S/C23H20FN5O/c1-13-19-20(26-21(30)23(19,2)3)27-22(25-13)29-18-11-7-5-9-15(18)17(28-29)12-14-8-4-6-10-16(14)24/h4-11H,12H2,1-3H3,(H,25,26,27,30). The molecule has 1 aliphatic rings. The van der Waals surface area contributed by atoms with Crippen molar-refractivity contribution in [3.8, 4) is 5.95 Å². The summed E-state index contributed by atoms with van der Waals surface area (Å²) in [6.07, 6.45) is 0.355. The molecule has 0 saturated heterocycles. The molecule has 0 spiro atoms. The summed E-state index contributed by atoms with van der Waals surface area (Å²) < 4.78 is 15.9. The lowest BCUT2D eigenvalue weighted by Gasteiger charge is -2.16. The van der Waals surface area contributed by atoms with Gasteiger partial charge in [-0.05, 0) is 38.5 Å². The molecule has 1 N–H and O–H groups in total. The first-order chi connectivity index (χ1) is 14.4. The molecule has 30 heavy (non-hydrogen) atoms. The van der Waals surface area contributed by atoms with Gasteiger partial charge in [0.25, 0.3) is 5.95 Å². The van der Waals surface area contributed by atoms with Gasteiger partial charge in [-0.1, -0.05) is 36.4 Å². The number of nitrogens with one attached hydrogen (secondary N) is 1. The van der Waals surface area contributed by atoms with Gasteiger partial charge in [-0.3, -0.25) is 4.79 Å². The number of anilines is 1. The van der Waals surface area contributed by atoms with Crippen molar-refractivity contribution in [1.82, 2.24) is 19.7 Å². The van der Waals surface area contributed by atoms with E-state index >= 15 is 0 Å². The van der Waals surface area contributed by atoms with E-state index in [-0.39, 0.29) is 11.7 Å². The van der Waals surface area contributed by atoms with Gasteiger partial charge in [-0.2, -0.15) is 14.8 Å². The predicted molar refractivity (Wildman–Crippen MR) is 112 cm³/mol. The topological polar surface area (TPSA) is 72.7 Å². The van der Waals surface area contributed by atoms with Crippen LogP contribution in [0.5, 0.6) is 0 Å². The van der Waals surface area contributed by atoms with Crippen LogP contribution in [-0.4, -0.2) is 25.7 Å². The molecule has 0 atom stereocenters. The third-order valence-electron chi connectivity index (χ3n) is 5.67. The first kappa shape index (κ1) is 18.4. The van der Waals surface area contributed by atoms with E-state index in [1.165, 1.54) is 6.07 Å². The van der Waals surface area contributed by atoms with Gasteiger partial charge in [0.2, 0.25) is 5.91 Å². The number of carbonyl (C=O) groups is 1. The quantitative estimate of drug-likeness (QED) is 0.561. The average Bonchev–Trinajstić information content (AvgIpc) is 3.18. The minimum atomic E-state index is -0.680. The molecule has 3 heterocycles. The Morgan fingerprint density at radius 1 is 1.07 bits per heavy atom. The normalized spacial score (nSPS) is 14.7. The van der Waals surface area contributed by atoms with E-state index < -0.39 is 5.41 Å². The van der Waals surface area contributed by atoms with Gasteiger partial charge in [0.15, 0.2) is 0 Å². The summed E-state index contributed by atoms with van der Waals surface area (Å²) in [7, 11) is 0. The molecule has 0 unspecified atom stereocenters. The van der Waals surface area contributed by atoms with Crippen molar-refractivity contribution in [3.05, 3.63) is 76.9 Å². The molecule has 5 rings (SSSR count). The summed E-state index contributed by atoms with van der Waals surface area (Å²) in [4.78, 5) is 21.6. The molecule has 2 aromatic heterocycles. The van der Waals surface area contributed by atoms with E-state index in [1.807, 2.05) is 51.1 Å². The highest BCUT2D eigenvalue weighted by molar-refractivity contribution is 6.05. The third kappa shape index (κ3) is 2.69. The fourth-order valence-corrected chi connectivity index (χ4v) is 4.10. The summed E-state index contributed by atoms with van der Waals surface area (Å²) in [5, 5.41) is 8.50. The molecule has 7 heteroatoms. The lowest BCUT2D eigenvalue weighted by atomic mass is 9.86. The average molecular weight is 401 g/mol. The largest absolute Gasteiger partial charge is 0.309 e. The summed E-state index contributed by atoms with van der Waals surface area (Å²) in [5.74, 6) is 0.534. The van der Waals surface area contributed by atoms with Crippen molar-refractivity contribution in [2.24, 2.45) is 0 Å². The zero-order valence-electron chi connectivity index (χ0n) is 16.9. The second-order valence-corrected chi connectivity index (χ2v) is 8.06. The van der Waals surface area contributed by atoms with Gasteiger partial charge >= 0.3 is 0 Å². The Hall–Kier alpha value is -3.61. The van der Waals surface area contributed by atoms with Gasteiger partial charge in [-0.15, -0.1) is 0 Å². The Kier molecular flexibility index (Phi) is 3.96. The van der Waals surface area contributed by atoms with Crippen LogP contribution in [0.15, 0.2) is 48.5 Å². The maximum absolute atomic E-state index is 14.2. The highest BCUT2D eigenvalue weighted by Crippen LogP contribution is 2.38. The fourth-order valence-electron chi connectivity index (χ4n) is 4.10. The minimum absolute atomic E-state index is 0.0994. The van der Waals surface area contributed by atoms with Gasteiger partial charge in [-0.25, -0.2) is 9.37 Å². The Labute approximate surface area is 172 Å². The summed E-state index contributed by atoms with van der Waals surface area (Å²) in [5.41, 5.74) is 2.99. The number of benzene rings is 2. The maximum atomic E-state index is 14.2. The number of para-hydroxylation sites is 1. The molecule has 0 radical (unpaired) electrons. The van der Waals surface area contributed by atoms with E-state index in [9.17, 15) is 9.18 Å². The summed E-state index contributed by atoms with van der Waals surface area (Å²) >= 11 is 0. The van der Waals surface area contributed by atoms with Crippen LogP contribution in [0.25, 0.3) is 16.9 Å². The van der Waals surface area contributed by atoms with Crippen molar-refractivity contribution in [2.75, 3.05) is 5.32 Å². The van der Waals surface area contributed by atoms with Crippen LogP contribution >= 0.6 is 0 Å². The number of hydrogen-bond acceptors (Lipinski definition) is 4. The van der Waals surface area contributed by atoms with Crippen LogP contribution in [-0.2, 0) is 16.6 Å². The van der Waals surface area contributed by atoms with Crippen LogP contribution < -0.4 is 5.32 Å². The molecule has 1 aliphatic heterocycles. The second-order valence-electron chi connectivity index (χ2n) is 8.06. The molecule has 4 aromatic rings. The Morgan fingerprint density at radius 3 is 2.60 bits per heavy atom. The van der Waals surface area contributed by atoms with E-state index in [0.29, 0.717) is 23.8 Å². The van der Waals surface area contributed by atoms with Gasteiger partial charge < -0.3 is 5.32 Å². The van der Waals surface area contributed by atoms with E-state index in [1.54, 1.807) is 16.8 Å². The van der Waals surface area contributed by atoms with Crippen molar-refractivity contribution in [1.29, 1.82) is 0 Å². The van der Waals surface area contributed by atoms with E-state index in [0.717, 1.165) is 27.9 Å². The zero-order chi connectivity index (χ0) is 21.0. The number of aryl methyl sites for hydroxylation is 1. The molecule has 150 valence electrons. The molecule has 0 saturated carbocycles. The van der Waals surface area contributed by atoms with Crippen LogP contribution in [0.3, 0.4) is 0 Å². The first-order valence-corrected chi connectivity index (χ1v) is 9.77. The van der Waals surface area contributed by atoms with Crippen molar-refractivity contribution >= 4 is 22.6 Å². The van der Waals surface area contributed by atoms with Crippen LogP contribution in [0, 0.1) is 12.7 Å². The molecule has 6 nitrogen and oxygen atoms in total. The van der Waals surface area contributed by atoms with Crippen molar-refractivity contribution < 1.29 is 9.18 Å². The highest BCUT2D eigenvalue weighted by Gasteiger charge is 2.41. The minimum Gasteiger partial charge on any atom is -0.309 e. The molecule has 0 bridgehead atoms. The fraction of sp³-hybridized carbons (Fsp3) is 0.217. The monoisotopic (exact) mass is 401 g/mol. The maximum Gasteiger partial charge on any atom is 0.253 e. The number of aromatic nitrogens is 4. The number of hydrogen-bond donors (Lipinski definition) is 1. The second kappa shape index (κ2) is 6.45. The van der Waals surface area contributed by atoms with E-state index in [4.69, 9.17) is 5.10 Å². The first-order valence-electron chi connectivity index (χ1n) is 9.77. The molecule has 0 aliphatic carbocycles.